The zero-order valence-corrected chi connectivity index (χ0v) is 17.5. The van der Waals surface area contributed by atoms with Crippen LogP contribution in [0.1, 0.15) is 23.5 Å². The summed E-state index contributed by atoms with van der Waals surface area (Å²) < 4.78 is 13.1. The lowest BCUT2D eigenvalue weighted by molar-refractivity contribution is -0.123. The lowest BCUT2D eigenvalue weighted by Crippen LogP contribution is -2.36. The number of aromatic nitrogens is 2. The van der Waals surface area contributed by atoms with E-state index in [1.807, 2.05) is 18.2 Å². The van der Waals surface area contributed by atoms with E-state index in [9.17, 15) is 18.8 Å². The number of anilines is 2. The number of carbonyl (C=O) groups excluding carboxylic acids is 2. The Balaban J connectivity index is 1.58. The highest BCUT2D eigenvalue weighted by Gasteiger charge is 2.34. The van der Waals surface area contributed by atoms with Crippen LogP contribution in [-0.4, -0.2) is 21.8 Å². The summed E-state index contributed by atoms with van der Waals surface area (Å²) in [6, 6.07) is 12.5. The Hall–Kier alpha value is -3.17. The van der Waals surface area contributed by atoms with Crippen LogP contribution in [0.25, 0.3) is 0 Å². The lowest BCUT2D eigenvalue weighted by Gasteiger charge is -2.23. The molecule has 7 nitrogen and oxygen atoms in total. The van der Waals surface area contributed by atoms with Gasteiger partial charge in [-0.1, -0.05) is 41.6 Å². The highest BCUT2D eigenvalue weighted by atomic mass is 35.5. The third kappa shape index (κ3) is 4.78. The SMILES string of the molecule is O=C1CC(C(=O)Nc2ccc(F)cc2)c2c(nc(SCc3ccccc3Cl)[nH]c2=O)N1. The average Bonchev–Trinajstić information content (AvgIpc) is 2.74. The van der Waals surface area contributed by atoms with Gasteiger partial charge in [0, 0.05) is 22.9 Å². The topological polar surface area (TPSA) is 104 Å². The molecule has 10 heteroatoms. The van der Waals surface area contributed by atoms with Crippen molar-refractivity contribution in [2.75, 3.05) is 10.6 Å². The second kappa shape index (κ2) is 8.91. The fourth-order valence-corrected chi connectivity index (χ4v) is 4.31. The van der Waals surface area contributed by atoms with Crippen LogP contribution in [0, 0.1) is 5.82 Å². The van der Waals surface area contributed by atoms with E-state index in [1.54, 1.807) is 6.07 Å². The van der Waals surface area contributed by atoms with Crippen molar-refractivity contribution >= 4 is 46.7 Å². The van der Waals surface area contributed by atoms with Crippen molar-refractivity contribution in [2.24, 2.45) is 0 Å². The molecule has 1 aromatic heterocycles. The summed E-state index contributed by atoms with van der Waals surface area (Å²) in [5, 5.41) is 6.07. The van der Waals surface area contributed by atoms with Crippen LogP contribution in [-0.2, 0) is 15.3 Å². The van der Waals surface area contributed by atoms with E-state index in [0.717, 1.165) is 5.56 Å². The summed E-state index contributed by atoms with van der Waals surface area (Å²) in [7, 11) is 0. The minimum atomic E-state index is -1.02. The van der Waals surface area contributed by atoms with Crippen molar-refractivity contribution in [3.05, 3.63) is 80.9 Å². The number of H-pyrrole nitrogens is 1. The number of hydrogen-bond donors (Lipinski definition) is 3. The fourth-order valence-electron chi connectivity index (χ4n) is 3.17. The van der Waals surface area contributed by atoms with Crippen molar-refractivity contribution in [3.63, 3.8) is 0 Å². The van der Waals surface area contributed by atoms with Crippen LogP contribution in [0.4, 0.5) is 15.9 Å². The predicted molar refractivity (Wildman–Crippen MR) is 117 cm³/mol. The Bertz CT molecular complexity index is 1220. The number of fused-ring (bicyclic) bond motifs is 1. The summed E-state index contributed by atoms with van der Waals surface area (Å²) in [6.07, 6.45) is -0.198. The number of amides is 2. The molecule has 2 amide bonds. The van der Waals surface area contributed by atoms with Gasteiger partial charge in [0.1, 0.15) is 11.6 Å². The number of hydrogen-bond acceptors (Lipinski definition) is 5. The fraction of sp³-hybridized carbons (Fsp3) is 0.143. The third-order valence-electron chi connectivity index (χ3n) is 4.68. The summed E-state index contributed by atoms with van der Waals surface area (Å²) in [6.45, 7) is 0. The number of nitrogens with zero attached hydrogens (tertiary/aromatic N) is 1. The van der Waals surface area contributed by atoms with Crippen LogP contribution >= 0.6 is 23.4 Å². The highest BCUT2D eigenvalue weighted by molar-refractivity contribution is 7.98. The second-order valence-electron chi connectivity index (χ2n) is 6.81. The molecule has 3 N–H and O–H groups in total. The first-order chi connectivity index (χ1) is 14.9. The zero-order valence-electron chi connectivity index (χ0n) is 15.9. The molecule has 0 aliphatic carbocycles. The first-order valence-electron chi connectivity index (χ1n) is 9.27. The quantitative estimate of drug-likeness (QED) is 0.397. The Morgan fingerprint density at radius 3 is 2.68 bits per heavy atom. The predicted octanol–water partition coefficient (Wildman–Crippen LogP) is 3.92. The molecule has 1 aliphatic rings. The summed E-state index contributed by atoms with van der Waals surface area (Å²) in [5.74, 6) is -1.92. The smallest absolute Gasteiger partial charge is 0.257 e. The molecule has 158 valence electrons. The summed E-state index contributed by atoms with van der Waals surface area (Å²) >= 11 is 7.41. The van der Waals surface area contributed by atoms with Gasteiger partial charge in [0.25, 0.3) is 5.56 Å². The number of aromatic amines is 1. The molecule has 0 saturated carbocycles. The maximum atomic E-state index is 13.1. The number of benzene rings is 2. The molecule has 2 aromatic carbocycles. The molecule has 1 unspecified atom stereocenters. The van der Waals surface area contributed by atoms with Gasteiger partial charge < -0.3 is 15.6 Å². The third-order valence-corrected chi connectivity index (χ3v) is 5.97. The van der Waals surface area contributed by atoms with Gasteiger partial charge in [-0.15, -0.1) is 0 Å². The molecule has 4 rings (SSSR count). The van der Waals surface area contributed by atoms with Crippen LogP contribution in [0.3, 0.4) is 0 Å². The molecule has 0 saturated heterocycles. The zero-order chi connectivity index (χ0) is 22.0. The van der Waals surface area contributed by atoms with Gasteiger partial charge in [-0.05, 0) is 35.9 Å². The van der Waals surface area contributed by atoms with Crippen molar-refractivity contribution in [1.29, 1.82) is 0 Å². The van der Waals surface area contributed by atoms with Gasteiger partial charge in [-0.3, -0.25) is 14.4 Å². The van der Waals surface area contributed by atoms with E-state index in [2.05, 4.69) is 20.6 Å². The van der Waals surface area contributed by atoms with E-state index < -0.39 is 29.1 Å². The molecule has 1 atom stereocenters. The van der Waals surface area contributed by atoms with E-state index >= 15 is 0 Å². The van der Waals surface area contributed by atoms with Crippen molar-refractivity contribution in [2.45, 2.75) is 23.2 Å². The lowest BCUT2D eigenvalue weighted by atomic mass is 9.92. The molecule has 0 fully saturated rings. The molecule has 1 aliphatic heterocycles. The maximum Gasteiger partial charge on any atom is 0.257 e. The molecule has 0 bridgehead atoms. The van der Waals surface area contributed by atoms with E-state index in [-0.39, 0.29) is 17.8 Å². The monoisotopic (exact) mass is 458 g/mol. The molecule has 31 heavy (non-hydrogen) atoms. The summed E-state index contributed by atoms with van der Waals surface area (Å²) in [4.78, 5) is 44.7. The standard InChI is InChI=1S/C21H16ClFN4O3S/c22-15-4-2-1-3-11(15)10-31-21-26-18-17(20(30)27-21)14(9-16(28)25-18)19(29)24-13-7-5-12(23)6-8-13/h1-8,14H,9-10H2,(H,24,29)(H2,25,26,27,28,30). The molecule has 2 heterocycles. The second-order valence-corrected chi connectivity index (χ2v) is 8.19. The van der Waals surface area contributed by atoms with Gasteiger partial charge in [-0.2, -0.15) is 0 Å². The van der Waals surface area contributed by atoms with E-state index in [1.165, 1.54) is 36.0 Å². The minimum Gasteiger partial charge on any atom is -0.326 e. The Morgan fingerprint density at radius 2 is 1.94 bits per heavy atom. The van der Waals surface area contributed by atoms with Crippen LogP contribution in [0.15, 0.2) is 58.5 Å². The molecular formula is C21H16ClFN4O3S. The largest absolute Gasteiger partial charge is 0.326 e. The number of carbonyl (C=O) groups is 2. The van der Waals surface area contributed by atoms with E-state index in [0.29, 0.717) is 21.6 Å². The van der Waals surface area contributed by atoms with E-state index in [4.69, 9.17) is 11.6 Å². The first kappa shape index (κ1) is 21.1. The van der Waals surface area contributed by atoms with Crippen LogP contribution < -0.4 is 16.2 Å². The molecule has 0 radical (unpaired) electrons. The van der Waals surface area contributed by atoms with Gasteiger partial charge in [0.15, 0.2) is 5.16 Å². The van der Waals surface area contributed by atoms with Gasteiger partial charge in [0.05, 0.1) is 11.5 Å². The van der Waals surface area contributed by atoms with Gasteiger partial charge >= 0.3 is 0 Å². The Kier molecular flexibility index (Phi) is 6.06. The number of nitrogens with one attached hydrogen (secondary N) is 3. The number of thioether (sulfide) groups is 1. The van der Waals surface area contributed by atoms with Crippen LogP contribution in [0.5, 0.6) is 0 Å². The average molecular weight is 459 g/mol. The first-order valence-corrected chi connectivity index (χ1v) is 10.6. The van der Waals surface area contributed by atoms with Gasteiger partial charge in [-0.25, -0.2) is 9.37 Å². The Morgan fingerprint density at radius 1 is 1.19 bits per heavy atom. The van der Waals surface area contributed by atoms with Gasteiger partial charge in [0.2, 0.25) is 11.8 Å². The Labute approximate surface area is 185 Å². The molecule has 0 spiro atoms. The van der Waals surface area contributed by atoms with Crippen molar-refractivity contribution < 1.29 is 14.0 Å². The minimum absolute atomic E-state index is 0.0564. The maximum absolute atomic E-state index is 13.1. The number of halogens is 2. The van der Waals surface area contributed by atoms with Crippen molar-refractivity contribution in [1.82, 2.24) is 9.97 Å². The normalized spacial score (nSPS) is 15.2. The highest BCUT2D eigenvalue weighted by Crippen LogP contribution is 2.31. The molecular weight excluding hydrogens is 443 g/mol. The van der Waals surface area contributed by atoms with Crippen molar-refractivity contribution in [3.8, 4) is 0 Å². The molecule has 3 aromatic rings. The number of rotatable bonds is 5. The van der Waals surface area contributed by atoms with Crippen LogP contribution in [0.2, 0.25) is 5.02 Å². The summed E-state index contributed by atoms with van der Waals surface area (Å²) in [5.41, 5.74) is 0.803.